The molecule has 0 unspecified atom stereocenters. The van der Waals surface area contributed by atoms with Crippen molar-refractivity contribution in [3.05, 3.63) is 23.8 Å². The first-order chi connectivity index (χ1) is 11.5. The Morgan fingerprint density at radius 2 is 1.92 bits per heavy atom. The molecule has 0 saturated heterocycles. The molecule has 5 heteroatoms. The number of nitrogens with two attached hydrogens (primary N) is 1. The van der Waals surface area contributed by atoms with Gasteiger partial charge in [0.15, 0.2) is 12.4 Å². The van der Waals surface area contributed by atoms with Crippen LogP contribution < -0.4 is 10.5 Å². The maximum atomic E-state index is 11.9. The second-order valence-corrected chi connectivity index (χ2v) is 6.59. The molecule has 1 aliphatic carbocycles. The van der Waals surface area contributed by atoms with E-state index in [4.69, 9.17) is 15.2 Å². The molecule has 0 spiro atoms. The van der Waals surface area contributed by atoms with E-state index in [0.29, 0.717) is 29.3 Å². The van der Waals surface area contributed by atoms with Gasteiger partial charge in [-0.2, -0.15) is 0 Å². The van der Waals surface area contributed by atoms with Crippen molar-refractivity contribution in [2.45, 2.75) is 58.5 Å². The average Bonchev–Trinajstić information content (AvgIpc) is 2.56. The minimum atomic E-state index is -0.375. The minimum absolute atomic E-state index is 0.00342. The van der Waals surface area contributed by atoms with Crippen LogP contribution in [0.5, 0.6) is 5.75 Å². The Labute approximate surface area is 143 Å². The SMILES string of the molecule is CCCC(=O)c1ccc(OCC(=O)OC2CCC(C)CC2)c(N)c1. The summed E-state index contributed by atoms with van der Waals surface area (Å²) in [6.45, 7) is 4.01. The molecule has 1 aromatic rings. The number of carbonyl (C=O) groups is 2. The Kier molecular flexibility index (Phi) is 6.64. The quantitative estimate of drug-likeness (QED) is 0.467. The molecule has 2 rings (SSSR count). The van der Waals surface area contributed by atoms with Gasteiger partial charge in [-0.05, 0) is 56.2 Å². The third kappa shape index (κ3) is 5.25. The van der Waals surface area contributed by atoms with E-state index in [1.165, 1.54) is 0 Å². The highest BCUT2D eigenvalue weighted by Crippen LogP contribution is 2.26. The van der Waals surface area contributed by atoms with Crippen molar-refractivity contribution in [1.82, 2.24) is 0 Å². The number of benzene rings is 1. The summed E-state index contributed by atoms with van der Waals surface area (Å²) < 4.78 is 10.9. The Bertz CT molecular complexity index is 577. The number of carbonyl (C=O) groups excluding carboxylic acids is 2. The number of Topliss-reactive ketones (excluding diaryl/α,β-unsaturated/α-hetero) is 1. The fourth-order valence-electron chi connectivity index (χ4n) is 2.93. The van der Waals surface area contributed by atoms with Crippen LogP contribution in [0.4, 0.5) is 5.69 Å². The lowest BCUT2D eigenvalue weighted by Crippen LogP contribution is -2.26. The van der Waals surface area contributed by atoms with Crippen LogP contribution in [0, 0.1) is 5.92 Å². The number of anilines is 1. The van der Waals surface area contributed by atoms with Crippen molar-refractivity contribution in [3.8, 4) is 5.75 Å². The number of hydrogen-bond donors (Lipinski definition) is 1. The maximum absolute atomic E-state index is 11.9. The Morgan fingerprint density at radius 3 is 2.54 bits per heavy atom. The summed E-state index contributed by atoms with van der Waals surface area (Å²) in [6, 6.07) is 4.91. The number of ketones is 1. The van der Waals surface area contributed by atoms with Crippen molar-refractivity contribution in [2.75, 3.05) is 12.3 Å². The zero-order valence-electron chi connectivity index (χ0n) is 14.5. The van der Waals surface area contributed by atoms with Gasteiger partial charge < -0.3 is 15.2 Å². The summed E-state index contributed by atoms with van der Waals surface area (Å²) in [5.41, 5.74) is 6.84. The molecule has 0 bridgehead atoms. The van der Waals surface area contributed by atoms with E-state index < -0.39 is 0 Å². The van der Waals surface area contributed by atoms with Crippen LogP contribution >= 0.6 is 0 Å². The van der Waals surface area contributed by atoms with E-state index in [1.807, 2.05) is 6.92 Å². The van der Waals surface area contributed by atoms with Crippen molar-refractivity contribution < 1.29 is 19.1 Å². The summed E-state index contributed by atoms with van der Waals surface area (Å²) in [7, 11) is 0. The first-order valence-corrected chi connectivity index (χ1v) is 8.74. The lowest BCUT2D eigenvalue weighted by atomic mass is 9.89. The molecule has 1 aliphatic rings. The van der Waals surface area contributed by atoms with Crippen molar-refractivity contribution in [1.29, 1.82) is 0 Å². The predicted molar refractivity (Wildman–Crippen MR) is 93.1 cm³/mol. The number of ether oxygens (including phenoxy) is 2. The summed E-state index contributed by atoms with van der Waals surface area (Å²) >= 11 is 0. The van der Waals surface area contributed by atoms with Crippen LogP contribution in [0.3, 0.4) is 0 Å². The van der Waals surface area contributed by atoms with Gasteiger partial charge in [-0.1, -0.05) is 13.8 Å². The first kappa shape index (κ1) is 18.3. The molecule has 0 aliphatic heterocycles. The topological polar surface area (TPSA) is 78.6 Å². The van der Waals surface area contributed by atoms with Gasteiger partial charge in [0.05, 0.1) is 5.69 Å². The number of hydrogen-bond acceptors (Lipinski definition) is 5. The zero-order valence-corrected chi connectivity index (χ0v) is 14.5. The monoisotopic (exact) mass is 333 g/mol. The van der Waals surface area contributed by atoms with Gasteiger partial charge in [-0.3, -0.25) is 4.79 Å². The second kappa shape index (κ2) is 8.71. The fraction of sp³-hybridized carbons (Fsp3) is 0.579. The van der Waals surface area contributed by atoms with Crippen LogP contribution in [-0.4, -0.2) is 24.5 Å². The highest BCUT2D eigenvalue weighted by molar-refractivity contribution is 5.97. The van der Waals surface area contributed by atoms with E-state index in [0.717, 1.165) is 32.1 Å². The highest BCUT2D eigenvalue weighted by Gasteiger charge is 2.21. The van der Waals surface area contributed by atoms with Crippen LogP contribution in [0.15, 0.2) is 18.2 Å². The van der Waals surface area contributed by atoms with Gasteiger partial charge in [-0.25, -0.2) is 4.79 Å². The van der Waals surface area contributed by atoms with E-state index in [-0.39, 0.29) is 24.5 Å². The zero-order chi connectivity index (χ0) is 17.5. The number of esters is 1. The molecule has 0 radical (unpaired) electrons. The van der Waals surface area contributed by atoms with Crippen LogP contribution in [0.25, 0.3) is 0 Å². The molecule has 0 aromatic heterocycles. The molecule has 0 amide bonds. The summed E-state index contributed by atoms with van der Waals surface area (Å²) in [5.74, 6) is 0.795. The number of rotatable bonds is 7. The normalized spacial score (nSPS) is 20.4. The predicted octanol–water partition coefficient (Wildman–Crippen LogP) is 3.75. The summed E-state index contributed by atoms with van der Waals surface area (Å²) in [4.78, 5) is 23.7. The molecule has 1 saturated carbocycles. The molecule has 1 fully saturated rings. The van der Waals surface area contributed by atoms with Crippen LogP contribution in [0.1, 0.15) is 62.7 Å². The Balaban J connectivity index is 1.83. The third-order valence-corrected chi connectivity index (χ3v) is 4.42. The molecule has 0 heterocycles. The lowest BCUT2D eigenvalue weighted by molar-refractivity contribution is -0.153. The Hall–Kier alpha value is -2.04. The van der Waals surface area contributed by atoms with E-state index in [1.54, 1.807) is 18.2 Å². The second-order valence-electron chi connectivity index (χ2n) is 6.59. The molecule has 132 valence electrons. The van der Waals surface area contributed by atoms with Crippen molar-refractivity contribution >= 4 is 17.4 Å². The van der Waals surface area contributed by atoms with Gasteiger partial charge in [0.25, 0.3) is 0 Å². The smallest absolute Gasteiger partial charge is 0.344 e. The molecule has 1 aromatic carbocycles. The summed E-state index contributed by atoms with van der Waals surface area (Å²) in [5, 5.41) is 0. The van der Waals surface area contributed by atoms with Gasteiger partial charge >= 0.3 is 5.97 Å². The standard InChI is InChI=1S/C19H27NO4/c1-3-4-17(21)14-7-10-18(16(20)11-14)23-12-19(22)24-15-8-5-13(2)6-9-15/h7,10-11,13,15H,3-6,8-9,12,20H2,1-2H3. The Morgan fingerprint density at radius 1 is 1.21 bits per heavy atom. The van der Waals surface area contributed by atoms with Crippen molar-refractivity contribution in [3.63, 3.8) is 0 Å². The molecular weight excluding hydrogens is 306 g/mol. The molecule has 24 heavy (non-hydrogen) atoms. The van der Waals surface area contributed by atoms with Crippen molar-refractivity contribution in [2.24, 2.45) is 5.92 Å². The third-order valence-electron chi connectivity index (χ3n) is 4.42. The first-order valence-electron chi connectivity index (χ1n) is 8.74. The van der Waals surface area contributed by atoms with Gasteiger partial charge in [0, 0.05) is 12.0 Å². The number of nitrogen functional groups attached to an aromatic ring is 1. The lowest BCUT2D eigenvalue weighted by Gasteiger charge is -2.25. The van der Waals surface area contributed by atoms with Crippen LogP contribution in [-0.2, 0) is 9.53 Å². The highest BCUT2D eigenvalue weighted by atomic mass is 16.6. The molecular formula is C19H27NO4. The van der Waals surface area contributed by atoms with Gasteiger partial charge in [0.1, 0.15) is 11.9 Å². The van der Waals surface area contributed by atoms with E-state index >= 15 is 0 Å². The molecule has 2 N–H and O–H groups in total. The molecule has 5 nitrogen and oxygen atoms in total. The van der Waals surface area contributed by atoms with Gasteiger partial charge in [0.2, 0.25) is 0 Å². The fourth-order valence-corrected chi connectivity index (χ4v) is 2.93. The maximum Gasteiger partial charge on any atom is 0.344 e. The average molecular weight is 333 g/mol. The summed E-state index contributed by atoms with van der Waals surface area (Å²) in [6.07, 6.45) is 5.32. The van der Waals surface area contributed by atoms with E-state index in [2.05, 4.69) is 6.92 Å². The van der Waals surface area contributed by atoms with Crippen LogP contribution in [0.2, 0.25) is 0 Å². The minimum Gasteiger partial charge on any atom is -0.480 e. The van der Waals surface area contributed by atoms with E-state index in [9.17, 15) is 9.59 Å². The molecule has 0 atom stereocenters. The van der Waals surface area contributed by atoms with Gasteiger partial charge in [-0.15, -0.1) is 0 Å². The largest absolute Gasteiger partial charge is 0.480 e.